The molecule has 1 atom stereocenters. The number of aryl methyl sites for hydroxylation is 1. The van der Waals surface area contributed by atoms with E-state index in [4.69, 9.17) is 10.5 Å². The van der Waals surface area contributed by atoms with Crippen LogP contribution < -0.4 is 5.73 Å². The fourth-order valence-electron chi connectivity index (χ4n) is 0.949. The summed E-state index contributed by atoms with van der Waals surface area (Å²) >= 11 is 1.34. The molecule has 0 saturated heterocycles. The number of nitrogens with zero attached hydrogens (tertiary/aromatic N) is 2. The first-order chi connectivity index (χ1) is 6.11. The van der Waals surface area contributed by atoms with E-state index in [9.17, 15) is 0 Å². The Bertz CT molecular complexity index is 262. The summed E-state index contributed by atoms with van der Waals surface area (Å²) < 4.78 is 9.23. The molecule has 0 spiro atoms. The zero-order chi connectivity index (χ0) is 9.84. The topological polar surface area (TPSA) is 61.0 Å². The second kappa shape index (κ2) is 4.64. The van der Waals surface area contributed by atoms with E-state index in [1.807, 2.05) is 20.8 Å². The number of rotatable bonds is 4. The van der Waals surface area contributed by atoms with Crippen LogP contribution in [0.4, 0.5) is 0 Å². The van der Waals surface area contributed by atoms with Crippen molar-refractivity contribution < 1.29 is 4.74 Å². The molecule has 1 unspecified atom stereocenters. The Morgan fingerprint density at radius 2 is 2.23 bits per heavy atom. The highest BCUT2D eigenvalue weighted by Crippen LogP contribution is 2.17. The first kappa shape index (κ1) is 10.6. The maximum atomic E-state index is 5.89. The minimum Gasteiger partial charge on any atom is -0.377 e. The van der Waals surface area contributed by atoms with Crippen LogP contribution in [-0.4, -0.2) is 22.3 Å². The zero-order valence-corrected chi connectivity index (χ0v) is 8.97. The van der Waals surface area contributed by atoms with Crippen molar-refractivity contribution in [2.75, 3.05) is 6.61 Å². The van der Waals surface area contributed by atoms with Crippen molar-refractivity contribution in [3.05, 3.63) is 10.6 Å². The number of hydrogen-bond acceptors (Lipinski definition) is 5. The smallest absolute Gasteiger partial charge is 0.0773 e. The van der Waals surface area contributed by atoms with Gasteiger partial charge >= 0.3 is 0 Å². The summed E-state index contributed by atoms with van der Waals surface area (Å²) in [4.78, 5) is 1.01. The van der Waals surface area contributed by atoms with E-state index >= 15 is 0 Å². The van der Waals surface area contributed by atoms with E-state index in [2.05, 4.69) is 9.59 Å². The highest BCUT2D eigenvalue weighted by atomic mass is 32.1. The van der Waals surface area contributed by atoms with Crippen LogP contribution in [0.25, 0.3) is 0 Å². The van der Waals surface area contributed by atoms with Crippen LogP contribution in [-0.2, 0) is 4.74 Å². The maximum Gasteiger partial charge on any atom is 0.0773 e. The first-order valence-electron chi connectivity index (χ1n) is 4.27. The number of aromatic nitrogens is 2. The van der Waals surface area contributed by atoms with E-state index in [1.54, 1.807) is 0 Å². The Morgan fingerprint density at radius 1 is 1.54 bits per heavy atom. The van der Waals surface area contributed by atoms with Gasteiger partial charge in [0.15, 0.2) is 0 Å². The van der Waals surface area contributed by atoms with Crippen LogP contribution in [0.5, 0.6) is 0 Å². The molecule has 1 heterocycles. The molecule has 0 aliphatic carbocycles. The molecule has 74 valence electrons. The largest absolute Gasteiger partial charge is 0.377 e. The fourth-order valence-corrected chi connectivity index (χ4v) is 1.58. The van der Waals surface area contributed by atoms with Crippen LogP contribution in [0.1, 0.15) is 30.5 Å². The molecule has 4 nitrogen and oxygen atoms in total. The predicted molar refractivity (Wildman–Crippen MR) is 52.7 cm³/mol. The van der Waals surface area contributed by atoms with Crippen molar-refractivity contribution in [2.24, 2.45) is 5.73 Å². The third kappa shape index (κ3) is 3.02. The van der Waals surface area contributed by atoms with Crippen LogP contribution in [0.15, 0.2) is 0 Å². The molecule has 1 aromatic rings. The minimum atomic E-state index is -0.0950. The molecule has 0 saturated carbocycles. The average molecular weight is 201 g/mol. The van der Waals surface area contributed by atoms with E-state index in [0.29, 0.717) is 6.61 Å². The lowest BCUT2D eigenvalue weighted by Gasteiger charge is -2.12. The standard InChI is InChI=1S/C8H15N3OS/c1-5(2)12-4-7(9)8-6(3)10-11-13-8/h5,7H,4,9H2,1-3H3. The summed E-state index contributed by atoms with van der Waals surface area (Å²) in [5, 5.41) is 3.90. The number of nitrogens with two attached hydrogens (primary N) is 1. The van der Waals surface area contributed by atoms with E-state index < -0.39 is 0 Å². The molecule has 1 aromatic heterocycles. The molecule has 0 fully saturated rings. The maximum absolute atomic E-state index is 5.89. The lowest BCUT2D eigenvalue weighted by atomic mass is 10.2. The van der Waals surface area contributed by atoms with Gasteiger partial charge in [0.1, 0.15) is 0 Å². The van der Waals surface area contributed by atoms with Crippen LogP contribution in [0.3, 0.4) is 0 Å². The van der Waals surface area contributed by atoms with Crippen LogP contribution in [0, 0.1) is 6.92 Å². The Balaban J connectivity index is 2.49. The van der Waals surface area contributed by atoms with Gasteiger partial charge in [-0.05, 0) is 32.3 Å². The summed E-state index contributed by atoms with van der Waals surface area (Å²) in [6.45, 7) is 6.42. The van der Waals surface area contributed by atoms with Gasteiger partial charge in [0.05, 0.1) is 29.3 Å². The molecule has 0 amide bonds. The van der Waals surface area contributed by atoms with Gasteiger partial charge < -0.3 is 10.5 Å². The van der Waals surface area contributed by atoms with Gasteiger partial charge in [-0.1, -0.05) is 4.49 Å². The second-order valence-corrected chi connectivity index (χ2v) is 4.00. The Kier molecular flexibility index (Phi) is 3.77. The Morgan fingerprint density at radius 3 is 2.69 bits per heavy atom. The van der Waals surface area contributed by atoms with Crippen molar-refractivity contribution in [1.82, 2.24) is 9.59 Å². The SMILES string of the molecule is Cc1nnsc1C(N)COC(C)C. The fraction of sp³-hybridized carbons (Fsp3) is 0.750. The molecule has 2 N–H and O–H groups in total. The lowest BCUT2D eigenvalue weighted by Crippen LogP contribution is -2.19. The van der Waals surface area contributed by atoms with E-state index in [-0.39, 0.29) is 12.1 Å². The Labute approximate surface area is 82.3 Å². The molecule has 5 heteroatoms. The van der Waals surface area contributed by atoms with E-state index in [1.165, 1.54) is 11.5 Å². The molecular formula is C8H15N3OS. The predicted octanol–water partition coefficient (Wildman–Crippen LogP) is 1.27. The molecule has 1 rings (SSSR count). The lowest BCUT2D eigenvalue weighted by molar-refractivity contribution is 0.0687. The van der Waals surface area contributed by atoms with Crippen LogP contribution in [0.2, 0.25) is 0 Å². The van der Waals surface area contributed by atoms with Crippen molar-refractivity contribution in [1.29, 1.82) is 0 Å². The third-order valence-electron chi connectivity index (χ3n) is 1.63. The number of ether oxygens (including phenoxy) is 1. The van der Waals surface area contributed by atoms with Gasteiger partial charge in [-0.2, -0.15) is 0 Å². The number of hydrogen-bond donors (Lipinski definition) is 1. The van der Waals surface area contributed by atoms with Crippen molar-refractivity contribution in [3.63, 3.8) is 0 Å². The highest BCUT2D eigenvalue weighted by Gasteiger charge is 2.13. The average Bonchev–Trinajstić information content (AvgIpc) is 2.47. The molecule has 0 radical (unpaired) electrons. The highest BCUT2D eigenvalue weighted by molar-refractivity contribution is 7.05. The van der Waals surface area contributed by atoms with Crippen LogP contribution >= 0.6 is 11.5 Å². The first-order valence-corrected chi connectivity index (χ1v) is 5.04. The van der Waals surface area contributed by atoms with Gasteiger partial charge in [0.25, 0.3) is 0 Å². The quantitative estimate of drug-likeness (QED) is 0.797. The molecule has 13 heavy (non-hydrogen) atoms. The monoisotopic (exact) mass is 201 g/mol. The molecule has 0 aromatic carbocycles. The van der Waals surface area contributed by atoms with Gasteiger partial charge in [-0.3, -0.25) is 0 Å². The molecule has 0 bridgehead atoms. The summed E-state index contributed by atoms with van der Waals surface area (Å²) in [6.07, 6.45) is 0.215. The third-order valence-corrected chi connectivity index (χ3v) is 2.59. The van der Waals surface area contributed by atoms with E-state index in [0.717, 1.165) is 10.6 Å². The van der Waals surface area contributed by atoms with Gasteiger partial charge in [-0.15, -0.1) is 5.10 Å². The van der Waals surface area contributed by atoms with Crippen molar-refractivity contribution in [3.8, 4) is 0 Å². The molecule has 0 aliphatic heterocycles. The molecule has 0 aliphatic rings. The minimum absolute atomic E-state index is 0.0950. The summed E-state index contributed by atoms with van der Waals surface area (Å²) in [7, 11) is 0. The van der Waals surface area contributed by atoms with Gasteiger partial charge in [0.2, 0.25) is 0 Å². The Hall–Kier alpha value is -0.520. The summed E-state index contributed by atoms with van der Waals surface area (Å²) in [6, 6.07) is -0.0950. The summed E-state index contributed by atoms with van der Waals surface area (Å²) in [5.74, 6) is 0. The zero-order valence-electron chi connectivity index (χ0n) is 8.15. The van der Waals surface area contributed by atoms with Gasteiger partial charge in [0, 0.05) is 0 Å². The van der Waals surface area contributed by atoms with Gasteiger partial charge in [-0.25, -0.2) is 0 Å². The second-order valence-electron chi connectivity index (χ2n) is 3.21. The summed E-state index contributed by atoms with van der Waals surface area (Å²) in [5.41, 5.74) is 6.80. The molecular weight excluding hydrogens is 186 g/mol. The van der Waals surface area contributed by atoms with Crippen molar-refractivity contribution in [2.45, 2.75) is 32.9 Å². The normalized spacial score (nSPS) is 13.6. The van der Waals surface area contributed by atoms with Crippen molar-refractivity contribution >= 4 is 11.5 Å².